The van der Waals surface area contributed by atoms with Gasteiger partial charge in [-0.1, -0.05) is 0 Å². The first-order valence-corrected chi connectivity index (χ1v) is 7.25. The summed E-state index contributed by atoms with van der Waals surface area (Å²) in [6.45, 7) is 3.71. The van der Waals surface area contributed by atoms with Gasteiger partial charge in [0.25, 0.3) is 0 Å². The van der Waals surface area contributed by atoms with Crippen LogP contribution < -0.4 is 4.90 Å². The van der Waals surface area contributed by atoms with E-state index in [1.807, 2.05) is 0 Å². The highest BCUT2D eigenvalue weighted by Gasteiger charge is 2.16. The summed E-state index contributed by atoms with van der Waals surface area (Å²) in [7, 11) is 0. The Morgan fingerprint density at radius 2 is 1.94 bits per heavy atom. The molecule has 2 aromatic rings. The third-order valence-corrected chi connectivity index (χ3v) is 4.24. The summed E-state index contributed by atoms with van der Waals surface area (Å²) in [5.74, 6) is 0. The zero-order chi connectivity index (χ0) is 10.8. The van der Waals surface area contributed by atoms with Gasteiger partial charge in [-0.05, 0) is 22.4 Å². The van der Waals surface area contributed by atoms with Gasteiger partial charge < -0.3 is 9.64 Å². The fourth-order valence-corrected chi connectivity index (χ4v) is 3.49. The Balaban J connectivity index is 1.92. The van der Waals surface area contributed by atoms with Gasteiger partial charge in [-0.25, -0.2) is 0 Å². The second kappa shape index (κ2) is 4.57. The van der Waals surface area contributed by atoms with Crippen LogP contribution in [0.15, 0.2) is 27.6 Å². The molecule has 2 nitrogen and oxygen atoms in total. The van der Waals surface area contributed by atoms with E-state index in [4.69, 9.17) is 4.74 Å². The highest BCUT2D eigenvalue weighted by molar-refractivity contribution is 7.09. The predicted molar refractivity (Wildman–Crippen MR) is 70.7 cm³/mol. The van der Waals surface area contributed by atoms with Crippen LogP contribution in [0, 0.1) is 0 Å². The number of ether oxygens (including phenoxy) is 1. The van der Waals surface area contributed by atoms with Crippen LogP contribution in [0.5, 0.6) is 0 Å². The lowest BCUT2D eigenvalue weighted by molar-refractivity contribution is 0.123. The first-order chi connectivity index (χ1) is 7.95. The van der Waals surface area contributed by atoms with Crippen LogP contribution in [0.25, 0.3) is 11.1 Å². The molecule has 3 rings (SSSR count). The number of hydrogen-bond donors (Lipinski definition) is 0. The highest BCUT2D eigenvalue weighted by atomic mass is 32.1. The molecule has 4 heteroatoms. The molecule has 0 aliphatic carbocycles. The summed E-state index contributed by atoms with van der Waals surface area (Å²) >= 11 is 3.53. The number of hydrogen-bond acceptors (Lipinski definition) is 4. The van der Waals surface area contributed by atoms with Crippen LogP contribution in [0.4, 0.5) is 5.69 Å². The maximum atomic E-state index is 5.39. The van der Waals surface area contributed by atoms with Gasteiger partial charge in [-0.3, -0.25) is 0 Å². The standard InChI is InChI=1S/C12H13NOS2/c1-6-15-7-10(1)11-8-16-9-12(11)13-2-4-14-5-3-13/h1,6-9H,2-5H2. The molecule has 0 atom stereocenters. The molecule has 1 saturated heterocycles. The molecular weight excluding hydrogens is 238 g/mol. The van der Waals surface area contributed by atoms with E-state index in [0.29, 0.717) is 0 Å². The minimum atomic E-state index is 0.846. The Kier molecular flexibility index (Phi) is 2.95. The Morgan fingerprint density at radius 1 is 1.06 bits per heavy atom. The Labute approximate surface area is 103 Å². The molecule has 1 aliphatic rings. The molecule has 0 unspecified atom stereocenters. The number of nitrogens with zero attached hydrogens (tertiary/aromatic N) is 1. The van der Waals surface area contributed by atoms with E-state index < -0.39 is 0 Å². The van der Waals surface area contributed by atoms with Gasteiger partial charge in [0.05, 0.1) is 18.9 Å². The minimum Gasteiger partial charge on any atom is -0.378 e. The predicted octanol–water partition coefficient (Wildman–Crippen LogP) is 3.31. The molecule has 0 saturated carbocycles. The summed E-state index contributed by atoms with van der Waals surface area (Å²) in [5, 5.41) is 8.84. The summed E-state index contributed by atoms with van der Waals surface area (Å²) < 4.78 is 5.39. The molecule has 84 valence electrons. The van der Waals surface area contributed by atoms with E-state index in [-0.39, 0.29) is 0 Å². The fraction of sp³-hybridized carbons (Fsp3) is 0.333. The van der Waals surface area contributed by atoms with Crippen LogP contribution in [-0.2, 0) is 4.74 Å². The van der Waals surface area contributed by atoms with Crippen molar-refractivity contribution < 1.29 is 4.74 Å². The fourth-order valence-electron chi connectivity index (χ4n) is 1.97. The molecular formula is C12H13NOS2. The van der Waals surface area contributed by atoms with E-state index >= 15 is 0 Å². The van der Waals surface area contributed by atoms with E-state index in [2.05, 4.69) is 32.5 Å². The molecule has 1 aliphatic heterocycles. The zero-order valence-electron chi connectivity index (χ0n) is 8.89. The van der Waals surface area contributed by atoms with Crippen molar-refractivity contribution in [3.05, 3.63) is 27.6 Å². The maximum absolute atomic E-state index is 5.39. The summed E-state index contributed by atoms with van der Waals surface area (Å²) in [6.07, 6.45) is 0. The number of thiophene rings is 2. The molecule has 0 aromatic carbocycles. The molecule has 0 N–H and O–H groups in total. The van der Waals surface area contributed by atoms with Crippen molar-refractivity contribution in [3.8, 4) is 11.1 Å². The first-order valence-electron chi connectivity index (χ1n) is 5.36. The Hall–Kier alpha value is -0.840. The number of anilines is 1. The molecule has 16 heavy (non-hydrogen) atoms. The molecule has 2 aromatic heterocycles. The van der Waals surface area contributed by atoms with Crippen molar-refractivity contribution in [3.63, 3.8) is 0 Å². The van der Waals surface area contributed by atoms with Crippen LogP contribution in [0.2, 0.25) is 0 Å². The molecule has 3 heterocycles. The summed E-state index contributed by atoms with van der Waals surface area (Å²) in [5.41, 5.74) is 4.08. The normalized spacial score (nSPS) is 16.6. The molecule has 1 fully saturated rings. The average Bonchev–Trinajstić information content (AvgIpc) is 3.01. The Bertz CT molecular complexity index is 443. The maximum Gasteiger partial charge on any atom is 0.0642 e. The van der Waals surface area contributed by atoms with Crippen LogP contribution in [0.1, 0.15) is 0 Å². The number of rotatable bonds is 2. The van der Waals surface area contributed by atoms with Crippen molar-refractivity contribution in [2.45, 2.75) is 0 Å². The van der Waals surface area contributed by atoms with Crippen LogP contribution >= 0.6 is 22.7 Å². The lowest BCUT2D eigenvalue weighted by Crippen LogP contribution is -2.36. The van der Waals surface area contributed by atoms with Gasteiger partial charge >= 0.3 is 0 Å². The van der Waals surface area contributed by atoms with Gasteiger partial charge in [0, 0.05) is 29.4 Å². The van der Waals surface area contributed by atoms with Gasteiger partial charge in [0.15, 0.2) is 0 Å². The van der Waals surface area contributed by atoms with Gasteiger partial charge in [0.1, 0.15) is 0 Å². The first kappa shape index (κ1) is 10.3. The quantitative estimate of drug-likeness (QED) is 0.812. The SMILES string of the molecule is c1cc(-c2cscc2N2CCOCC2)cs1. The molecule has 0 amide bonds. The average molecular weight is 251 g/mol. The monoisotopic (exact) mass is 251 g/mol. The second-order valence-corrected chi connectivity index (χ2v) is 5.31. The van der Waals surface area contributed by atoms with E-state index in [1.165, 1.54) is 16.8 Å². The summed E-state index contributed by atoms with van der Waals surface area (Å²) in [6, 6.07) is 2.19. The van der Waals surface area contributed by atoms with Crippen LogP contribution in [0.3, 0.4) is 0 Å². The minimum absolute atomic E-state index is 0.846. The van der Waals surface area contributed by atoms with Crippen LogP contribution in [-0.4, -0.2) is 26.3 Å². The largest absolute Gasteiger partial charge is 0.378 e. The van der Waals surface area contributed by atoms with Gasteiger partial charge in [-0.2, -0.15) is 11.3 Å². The van der Waals surface area contributed by atoms with Crippen molar-refractivity contribution >= 4 is 28.4 Å². The summed E-state index contributed by atoms with van der Waals surface area (Å²) in [4.78, 5) is 2.42. The number of morpholine rings is 1. The third-order valence-electron chi connectivity index (χ3n) is 2.83. The van der Waals surface area contributed by atoms with E-state index in [9.17, 15) is 0 Å². The van der Waals surface area contributed by atoms with Gasteiger partial charge in [0.2, 0.25) is 0 Å². The zero-order valence-corrected chi connectivity index (χ0v) is 10.5. The lowest BCUT2D eigenvalue weighted by Gasteiger charge is -2.29. The van der Waals surface area contributed by atoms with E-state index in [0.717, 1.165) is 26.3 Å². The van der Waals surface area contributed by atoms with Gasteiger partial charge in [-0.15, -0.1) is 11.3 Å². The topological polar surface area (TPSA) is 12.5 Å². The highest BCUT2D eigenvalue weighted by Crippen LogP contribution is 2.35. The lowest BCUT2D eigenvalue weighted by atomic mass is 10.1. The van der Waals surface area contributed by atoms with E-state index in [1.54, 1.807) is 22.7 Å². The molecule has 0 spiro atoms. The van der Waals surface area contributed by atoms with Crippen molar-refractivity contribution in [1.82, 2.24) is 0 Å². The van der Waals surface area contributed by atoms with Crippen molar-refractivity contribution in [1.29, 1.82) is 0 Å². The smallest absolute Gasteiger partial charge is 0.0642 e. The third kappa shape index (κ3) is 1.88. The van der Waals surface area contributed by atoms with Crippen molar-refractivity contribution in [2.24, 2.45) is 0 Å². The Morgan fingerprint density at radius 3 is 2.69 bits per heavy atom. The molecule has 0 radical (unpaired) electrons. The second-order valence-electron chi connectivity index (χ2n) is 3.78. The van der Waals surface area contributed by atoms with Crippen molar-refractivity contribution in [2.75, 3.05) is 31.2 Å². The molecule has 0 bridgehead atoms.